The summed E-state index contributed by atoms with van der Waals surface area (Å²) >= 11 is 0. The van der Waals surface area contributed by atoms with E-state index >= 15 is 0 Å². The Labute approximate surface area is 67.1 Å². The van der Waals surface area contributed by atoms with Crippen LogP contribution in [0, 0.1) is 0 Å². The number of anilines is 1. The maximum atomic E-state index is 4.03. The number of nitrogens with zero attached hydrogens (tertiary/aromatic N) is 3. The molecule has 1 rings (SSSR count). The Hall–Kier alpha value is -1.12. The summed E-state index contributed by atoms with van der Waals surface area (Å²) in [4.78, 5) is 1.94. The molecule has 0 saturated carbocycles. The molecule has 3 nitrogen and oxygen atoms in total. The predicted octanol–water partition coefficient (Wildman–Crippen LogP) is 1.10. The van der Waals surface area contributed by atoms with Crippen molar-refractivity contribution in [3.05, 3.63) is 17.8 Å². The molecule has 0 spiro atoms. The maximum absolute atomic E-state index is 4.03. The van der Waals surface area contributed by atoms with Gasteiger partial charge in [-0.25, -0.2) is 0 Å². The Kier molecular flexibility index (Phi) is 2.41. The minimum atomic E-state index is 0.905. The van der Waals surface area contributed by atoms with Crippen molar-refractivity contribution in [1.29, 1.82) is 0 Å². The fourth-order valence-electron chi connectivity index (χ4n) is 0.780. The van der Waals surface area contributed by atoms with Crippen molar-refractivity contribution < 1.29 is 0 Å². The van der Waals surface area contributed by atoms with Crippen molar-refractivity contribution in [3.8, 4) is 0 Å². The first kappa shape index (κ1) is 7.98. The lowest BCUT2D eigenvalue weighted by atomic mass is 10.3. The predicted molar refractivity (Wildman–Crippen MR) is 45.7 cm³/mol. The molecule has 1 aromatic heterocycles. The van der Waals surface area contributed by atoms with Crippen molar-refractivity contribution in [2.45, 2.75) is 13.3 Å². The van der Waals surface area contributed by atoms with Gasteiger partial charge in [-0.2, -0.15) is 5.10 Å². The van der Waals surface area contributed by atoms with Gasteiger partial charge in [-0.1, -0.05) is 6.92 Å². The zero-order chi connectivity index (χ0) is 8.27. The van der Waals surface area contributed by atoms with Crippen LogP contribution >= 0.6 is 0 Å². The van der Waals surface area contributed by atoms with Crippen LogP contribution in [0.3, 0.4) is 0 Å². The smallest absolute Gasteiger partial charge is 0.150 e. The van der Waals surface area contributed by atoms with Crippen LogP contribution in [0.4, 0.5) is 5.82 Å². The molecule has 0 N–H and O–H groups in total. The Bertz CT molecular complexity index is 215. The van der Waals surface area contributed by atoms with Gasteiger partial charge in [0.15, 0.2) is 5.82 Å². The number of hydrogen-bond donors (Lipinski definition) is 0. The van der Waals surface area contributed by atoms with E-state index in [9.17, 15) is 0 Å². The van der Waals surface area contributed by atoms with Gasteiger partial charge in [0, 0.05) is 14.1 Å². The summed E-state index contributed by atoms with van der Waals surface area (Å²) in [5, 5.41) is 8.05. The fourth-order valence-corrected chi connectivity index (χ4v) is 0.780. The van der Waals surface area contributed by atoms with E-state index in [1.165, 1.54) is 0 Å². The summed E-state index contributed by atoms with van der Waals surface area (Å²) in [5.74, 6) is 0.905. The zero-order valence-corrected chi connectivity index (χ0v) is 7.20. The standard InChI is InChI=1S/C8H13N3/c1-4-7-5-6-8(10-9-7)11(2)3/h5-6H,4H2,1-3H3. The average Bonchev–Trinajstić information content (AvgIpc) is 2.05. The topological polar surface area (TPSA) is 29.0 Å². The second-order valence-corrected chi connectivity index (χ2v) is 2.63. The quantitative estimate of drug-likeness (QED) is 0.634. The first-order chi connectivity index (χ1) is 5.24. The molecule has 0 aliphatic heterocycles. The summed E-state index contributed by atoms with van der Waals surface area (Å²) in [6, 6.07) is 3.98. The number of aromatic nitrogens is 2. The minimum absolute atomic E-state index is 0.905. The van der Waals surface area contributed by atoms with Crippen LogP contribution in [0.1, 0.15) is 12.6 Å². The summed E-state index contributed by atoms with van der Waals surface area (Å²) in [6.45, 7) is 2.07. The Morgan fingerprint density at radius 2 is 2.00 bits per heavy atom. The summed E-state index contributed by atoms with van der Waals surface area (Å²) in [7, 11) is 3.91. The SMILES string of the molecule is CCc1ccc(N(C)C)nn1. The van der Waals surface area contributed by atoms with Crippen LogP contribution in [0.5, 0.6) is 0 Å². The van der Waals surface area contributed by atoms with Crippen molar-refractivity contribution in [2.75, 3.05) is 19.0 Å². The molecule has 0 aliphatic rings. The van der Waals surface area contributed by atoms with E-state index in [0.717, 1.165) is 17.9 Å². The van der Waals surface area contributed by atoms with Gasteiger partial charge in [0.25, 0.3) is 0 Å². The van der Waals surface area contributed by atoms with E-state index in [1.807, 2.05) is 31.1 Å². The number of rotatable bonds is 2. The molecule has 0 fully saturated rings. The lowest BCUT2D eigenvalue weighted by molar-refractivity contribution is 0.894. The largest absolute Gasteiger partial charge is 0.361 e. The molecule has 1 heterocycles. The van der Waals surface area contributed by atoms with Crippen LogP contribution in [-0.4, -0.2) is 24.3 Å². The van der Waals surface area contributed by atoms with Gasteiger partial charge < -0.3 is 4.90 Å². The third kappa shape index (κ3) is 1.90. The molecule has 0 radical (unpaired) electrons. The summed E-state index contributed by atoms with van der Waals surface area (Å²) in [6.07, 6.45) is 0.945. The highest BCUT2D eigenvalue weighted by Crippen LogP contribution is 2.04. The molecule has 0 unspecified atom stereocenters. The van der Waals surface area contributed by atoms with Crippen LogP contribution in [-0.2, 0) is 6.42 Å². The van der Waals surface area contributed by atoms with Gasteiger partial charge in [-0.3, -0.25) is 0 Å². The summed E-state index contributed by atoms with van der Waals surface area (Å²) in [5.41, 5.74) is 1.04. The van der Waals surface area contributed by atoms with Gasteiger partial charge in [-0.15, -0.1) is 5.10 Å². The van der Waals surface area contributed by atoms with Crippen LogP contribution in [0.2, 0.25) is 0 Å². The lowest BCUT2D eigenvalue weighted by Gasteiger charge is -2.09. The molecular formula is C8H13N3. The van der Waals surface area contributed by atoms with Crippen molar-refractivity contribution in [2.24, 2.45) is 0 Å². The molecule has 0 atom stereocenters. The first-order valence-corrected chi connectivity index (χ1v) is 3.74. The average molecular weight is 151 g/mol. The summed E-state index contributed by atoms with van der Waals surface area (Å²) < 4.78 is 0. The number of hydrogen-bond acceptors (Lipinski definition) is 3. The molecule has 60 valence electrons. The molecular weight excluding hydrogens is 138 g/mol. The first-order valence-electron chi connectivity index (χ1n) is 3.74. The molecule has 11 heavy (non-hydrogen) atoms. The second-order valence-electron chi connectivity index (χ2n) is 2.63. The Morgan fingerprint density at radius 1 is 1.27 bits per heavy atom. The molecule has 0 saturated heterocycles. The molecule has 0 amide bonds. The number of aryl methyl sites for hydroxylation is 1. The highest BCUT2D eigenvalue weighted by Gasteiger charge is 1.96. The van der Waals surface area contributed by atoms with E-state index < -0.39 is 0 Å². The van der Waals surface area contributed by atoms with Crippen LogP contribution in [0.25, 0.3) is 0 Å². The van der Waals surface area contributed by atoms with E-state index in [-0.39, 0.29) is 0 Å². The molecule has 3 heteroatoms. The van der Waals surface area contributed by atoms with E-state index in [4.69, 9.17) is 0 Å². The van der Waals surface area contributed by atoms with Crippen LogP contribution < -0.4 is 4.90 Å². The van der Waals surface area contributed by atoms with Gasteiger partial charge in [-0.05, 0) is 18.6 Å². The zero-order valence-electron chi connectivity index (χ0n) is 7.20. The van der Waals surface area contributed by atoms with Gasteiger partial charge in [0.2, 0.25) is 0 Å². The van der Waals surface area contributed by atoms with Gasteiger partial charge in [0.05, 0.1) is 5.69 Å². The molecule has 1 aromatic rings. The Morgan fingerprint density at radius 3 is 2.36 bits per heavy atom. The Balaban J connectivity index is 2.83. The highest BCUT2D eigenvalue weighted by molar-refractivity contribution is 5.34. The van der Waals surface area contributed by atoms with E-state index in [1.54, 1.807) is 0 Å². The highest BCUT2D eigenvalue weighted by atomic mass is 15.2. The third-order valence-electron chi connectivity index (χ3n) is 1.53. The molecule has 0 bridgehead atoms. The van der Waals surface area contributed by atoms with Crippen molar-refractivity contribution >= 4 is 5.82 Å². The maximum Gasteiger partial charge on any atom is 0.150 e. The van der Waals surface area contributed by atoms with E-state index in [2.05, 4.69) is 17.1 Å². The fraction of sp³-hybridized carbons (Fsp3) is 0.500. The lowest BCUT2D eigenvalue weighted by Crippen LogP contribution is -2.11. The normalized spacial score (nSPS) is 9.73. The molecule has 0 aromatic carbocycles. The van der Waals surface area contributed by atoms with Crippen LogP contribution in [0.15, 0.2) is 12.1 Å². The van der Waals surface area contributed by atoms with Gasteiger partial charge in [0.1, 0.15) is 0 Å². The minimum Gasteiger partial charge on any atom is -0.361 e. The van der Waals surface area contributed by atoms with Crippen molar-refractivity contribution in [1.82, 2.24) is 10.2 Å². The van der Waals surface area contributed by atoms with Gasteiger partial charge >= 0.3 is 0 Å². The third-order valence-corrected chi connectivity index (χ3v) is 1.53. The molecule has 0 aliphatic carbocycles. The van der Waals surface area contributed by atoms with E-state index in [0.29, 0.717) is 0 Å². The second kappa shape index (κ2) is 3.32. The monoisotopic (exact) mass is 151 g/mol. The van der Waals surface area contributed by atoms with Crippen molar-refractivity contribution in [3.63, 3.8) is 0 Å².